The summed E-state index contributed by atoms with van der Waals surface area (Å²) in [6, 6.07) is 10.1. The fourth-order valence-corrected chi connectivity index (χ4v) is 3.09. The molecule has 2 N–H and O–H groups in total. The minimum atomic E-state index is -0.441. The Bertz CT molecular complexity index is 886. The summed E-state index contributed by atoms with van der Waals surface area (Å²) < 4.78 is 15.9. The van der Waals surface area contributed by atoms with Crippen LogP contribution in [0.1, 0.15) is 11.1 Å². The van der Waals surface area contributed by atoms with Gasteiger partial charge in [-0.15, -0.1) is 0 Å². The molecule has 28 heavy (non-hydrogen) atoms. The Morgan fingerprint density at radius 3 is 2.93 bits per heavy atom. The van der Waals surface area contributed by atoms with Crippen LogP contribution in [0.15, 0.2) is 36.4 Å². The van der Waals surface area contributed by atoms with Gasteiger partial charge in [0.2, 0.25) is 0 Å². The number of benzene rings is 2. The normalized spacial score (nSPS) is 13.8. The van der Waals surface area contributed by atoms with Gasteiger partial charge in [-0.25, -0.2) is 0 Å². The Kier molecular flexibility index (Phi) is 6.07. The first-order valence-electron chi connectivity index (χ1n) is 8.72. The van der Waals surface area contributed by atoms with Crippen LogP contribution in [-0.4, -0.2) is 38.3 Å². The summed E-state index contributed by atoms with van der Waals surface area (Å²) in [6.45, 7) is 0.952. The van der Waals surface area contributed by atoms with Crippen LogP contribution < -0.4 is 19.7 Å². The predicted octanol–water partition coefficient (Wildman–Crippen LogP) is 1.12. The smallest absolute Gasteiger partial charge is 0.279 e. The molecular weight excluding hydrogens is 366 g/mol. The highest BCUT2D eigenvalue weighted by molar-refractivity contribution is 5.91. The molecule has 0 saturated carbocycles. The number of non-ortho nitro benzene ring substituents is 1. The third kappa shape index (κ3) is 4.76. The van der Waals surface area contributed by atoms with Gasteiger partial charge in [0, 0.05) is 29.4 Å². The maximum atomic E-state index is 12.3. The van der Waals surface area contributed by atoms with Gasteiger partial charge in [-0.05, 0) is 12.1 Å². The average molecular weight is 388 g/mol. The minimum absolute atomic E-state index is 0.0171. The second-order valence-electron chi connectivity index (χ2n) is 6.55. The van der Waals surface area contributed by atoms with Crippen molar-refractivity contribution < 1.29 is 28.8 Å². The first-order chi connectivity index (χ1) is 13.5. The molecule has 0 saturated heterocycles. The number of hydrogen-bond acceptors (Lipinski definition) is 6. The summed E-state index contributed by atoms with van der Waals surface area (Å²) in [7, 11) is 3.40. The molecular formula is C19H22N3O6+. The number of nitro groups is 1. The van der Waals surface area contributed by atoms with E-state index in [9.17, 15) is 14.9 Å². The van der Waals surface area contributed by atoms with E-state index in [2.05, 4.69) is 5.32 Å². The van der Waals surface area contributed by atoms with Crippen LogP contribution in [0.3, 0.4) is 0 Å². The molecule has 0 spiro atoms. The van der Waals surface area contributed by atoms with Crippen LogP contribution in [0.4, 0.5) is 11.4 Å². The number of likely N-dealkylation sites (N-methyl/N-ethyl adjacent to an activating group) is 1. The number of nitro benzene ring substituents is 1. The van der Waals surface area contributed by atoms with Crippen molar-refractivity contribution in [2.75, 3.05) is 32.8 Å². The molecule has 2 aromatic rings. The molecule has 1 aliphatic rings. The standard InChI is InChI=1S/C19H21N3O6/c1-21(10-18(23)20-15-4-3-5-17(8-15)26-2)9-13-6-16(22(24)25)7-14-11-27-12-28-19(13)14/h3-8H,9-12H2,1-2H3,(H,20,23)/p+1. The lowest BCUT2D eigenvalue weighted by Gasteiger charge is -2.22. The topological polar surface area (TPSA) is 104 Å². The number of ether oxygens (including phenoxy) is 3. The lowest BCUT2D eigenvalue weighted by Crippen LogP contribution is -3.08. The van der Waals surface area contributed by atoms with E-state index in [1.807, 2.05) is 7.05 Å². The summed E-state index contributed by atoms with van der Waals surface area (Å²) in [4.78, 5) is 24.0. The molecule has 1 amide bonds. The molecule has 1 atom stereocenters. The Morgan fingerprint density at radius 1 is 1.36 bits per heavy atom. The number of quaternary nitrogens is 1. The van der Waals surface area contributed by atoms with Crippen molar-refractivity contribution in [1.82, 2.24) is 0 Å². The highest BCUT2D eigenvalue weighted by Crippen LogP contribution is 2.32. The fourth-order valence-electron chi connectivity index (χ4n) is 3.09. The van der Waals surface area contributed by atoms with E-state index in [0.29, 0.717) is 34.9 Å². The maximum absolute atomic E-state index is 12.3. The van der Waals surface area contributed by atoms with E-state index in [4.69, 9.17) is 14.2 Å². The number of fused-ring (bicyclic) bond motifs is 1. The van der Waals surface area contributed by atoms with Gasteiger partial charge in [0.1, 0.15) is 18.0 Å². The molecule has 9 heteroatoms. The molecule has 1 heterocycles. The number of methoxy groups -OCH3 is 1. The van der Waals surface area contributed by atoms with E-state index in [1.54, 1.807) is 31.4 Å². The lowest BCUT2D eigenvalue weighted by molar-refractivity contribution is -0.885. The SMILES string of the molecule is COc1cccc(NC(=O)C[NH+](C)Cc2cc([N+](=O)[O-])cc3c2OCOC3)c1. The minimum Gasteiger partial charge on any atom is -0.497 e. The van der Waals surface area contributed by atoms with Crippen molar-refractivity contribution in [2.24, 2.45) is 0 Å². The van der Waals surface area contributed by atoms with E-state index in [1.165, 1.54) is 12.1 Å². The maximum Gasteiger partial charge on any atom is 0.279 e. The lowest BCUT2D eigenvalue weighted by atomic mass is 10.1. The fraction of sp³-hybridized carbons (Fsp3) is 0.316. The first kappa shape index (κ1) is 19.6. The molecule has 1 unspecified atom stereocenters. The quantitative estimate of drug-likeness (QED) is 0.544. The van der Waals surface area contributed by atoms with E-state index >= 15 is 0 Å². The Balaban J connectivity index is 1.68. The first-order valence-corrected chi connectivity index (χ1v) is 8.72. The summed E-state index contributed by atoms with van der Waals surface area (Å²) in [5, 5.41) is 14.0. The van der Waals surface area contributed by atoms with Crippen LogP contribution >= 0.6 is 0 Å². The second kappa shape index (κ2) is 8.68. The third-order valence-corrected chi connectivity index (χ3v) is 4.29. The Morgan fingerprint density at radius 2 is 2.18 bits per heavy atom. The number of amides is 1. The van der Waals surface area contributed by atoms with Gasteiger partial charge in [-0.1, -0.05) is 6.07 Å². The number of anilines is 1. The highest BCUT2D eigenvalue weighted by atomic mass is 16.7. The predicted molar refractivity (Wildman–Crippen MR) is 100 cm³/mol. The molecule has 0 aliphatic carbocycles. The van der Waals surface area contributed by atoms with Gasteiger partial charge in [0.15, 0.2) is 13.3 Å². The number of rotatable bonds is 7. The van der Waals surface area contributed by atoms with Gasteiger partial charge >= 0.3 is 0 Å². The van der Waals surface area contributed by atoms with Crippen molar-refractivity contribution in [3.05, 3.63) is 57.6 Å². The molecule has 0 radical (unpaired) electrons. The molecule has 148 valence electrons. The number of carbonyl (C=O) groups excluding carboxylic acids is 1. The molecule has 0 fully saturated rings. The van der Waals surface area contributed by atoms with Gasteiger partial charge in [0.25, 0.3) is 11.6 Å². The van der Waals surface area contributed by atoms with E-state index < -0.39 is 4.92 Å². The van der Waals surface area contributed by atoms with Crippen LogP contribution in [0.5, 0.6) is 11.5 Å². The molecule has 1 aliphatic heterocycles. The van der Waals surface area contributed by atoms with Crippen molar-refractivity contribution in [3.8, 4) is 11.5 Å². The van der Waals surface area contributed by atoms with E-state index in [0.717, 1.165) is 4.90 Å². The molecule has 3 rings (SSSR count). The summed E-state index contributed by atoms with van der Waals surface area (Å²) >= 11 is 0. The Hall–Kier alpha value is -3.17. The molecule has 0 bridgehead atoms. The van der Waals surface area contributed by atoms with Crippen LogP contribution in [0.25, 0.3) is 0 Å². The number of nitrogens with zero attached hydrogens (tertiary/aromatic N) is 1. The Labute approximate surface area is 162 Å². The molecule has 2 aromatic carbocycles. The third-order valence-electron chi connectivity index (χ3n) is 4.29. The van der Waals surface area contributed by atoms with E-state index in [-0.39, 0.29) is 31.5 Å². The van der Waals surface area contributed by atoms with Crippen LogP contribution in [-0.2, 0) is 22.7 Å². The zero-order valence-electron chi connectivity index (χ0n) is 15.7. The van der Waals surface area contributed by atoms with Crippen LogP contribution in [0.2, 0.25) is 0 Å². The summed E-state index contributed by atoms with van der Waals surface area (Å²) in [5.74, 6) is 1.08. The molecule has 0 aromatic heterocycles. The summed E-state index contributed by atoms with van der Waals surface area (Å²) in [6.07, 6.45) is 0. The highest BCUT2D eigenvalue weighted by Gasteiger charge is 2.23. The number of hydrogen-bond donors (Lipinski definition) is 2. The number of nitrogens with one attached hydrogen (secondary N) is 2. The zero-order chi connectivity index (χ0) is 20.1. The largest absolute Gasteiger partial charge is 0.497 e. The van der Waals surface area contributed by atoms with Gasteiger partial charge in [0.05, 0.1) is 31.3 Å². The van der Waals surface area contributed by atoms with Crippen LogP contribution in [0, 0.1) is 10.1 Å². The van der Waals surface area contributed by atoms with Crippen molar-refractivity contribution in [3.63, 3.8) is 0 Å². The number of carbonyl (C=O) groups is 1. The van der Waals surface area contributed by atoms with Crippen molar-refractivity contribution in [1.29, 1.82) is 0 Å². The summed E-state index contributed by atoms with van der Waals surface area (Å²) in [5.41, 5.74) is 1.95. The average Bonchev–Trinajstić information content (AvgIpc) is 2.67. The van der Waals surface area contributed by atoms with Gasteiger partial charge in [-0.3, -0.25) is 14.9 Å². The van der Waals surface area contributed by atoms with Gasteiger partial charge < -0.3 is 24.4 Å². The second-order valence-corrected chi connectivity index (χ2v) is 6.55. The van der Waals surface area contributed by atoms with Crippen molar-refractivity contribution >= 4 is 17.3 Å². The van der Waals surface area contributed by atoms with Crippen molar-refractivity contribution in [2.45, 2.75) is 13.2 Å². The van der Waals surface area contributed by atoms with Gasteiger partial charge in [-0.2, -0.15) is 0 Å². The molecule has 9 nitrogen and oxygen atoms in total. The zero-order valence-corrected chi connectivity index (χ0v) is 15.7. The monoisotopic (exact) mass is 388 g/mol.